The largest absolute Gasteiger partial charge is 3.00 e. The monoisotopic (exact) mass is 550 g/mol. The van der Waals surface area contributed by atoms with Crippen molar-refractivity contribution in [3.8, 4) is 17.2 Å². The summed E-state index contributed by atoms with van der Waals surface area (Å²) in [6.07, 6.45) is 0. The Labute approximate surface area is 204 Å². The van der Waals surface area contributed by atoms with Crippen LogP contribution in [0.25, 0.3) is 0 Å². The second-order valence-electron chi connectivity index (χ2n) is 5.41. The predicted molar refractivity (Wildman–Crippen MR) is 97.3 cm³/mol. The van der Waals surface area contributed by atoms with Crippen molar-refractivity contribution in [1.29, 1.82) is 0 Å². The van der Waals surface area contributed by atoms with E-state index in [2.05, 4.69) is 0 Å². The number of benzene rings is 3. The summed E-state index contributed by atoms with van der Waals surface area (Å²) in [4.78, 5) is 30.5. The summed E-state index contributed by atoms with van der Waals surface area (Å²) < 4.78 is 0. The van der Waals surface area contributed by atoms with Gasteiger partial charge in [0.05, 0.1) is 17.9 Å². The molecule has 0 aromatic heterocycles. The molecule has 156 valence electrons. The molecule has 0 amide bonds. The van der Waals surface area contributed by atoms with Crippen LogP contribution in [0, 0.1) is 35.6 Å². The maximum absolute atomic E-state index is 10.2. The Hall–Kier alpha value is -3.34. The number of para-hydroxylation sites is 3. The minimum absolute atomic E-state index is 0. The number of aromatic carboxylic acids is 3. The average molecular weight is 550 g/mol. The molecule has 9 nitrogen and oxygen atoms in total. The van der Waals surface area contributed by atoms with E-state index in [1.807, 2.05) is 0 Å². The molecule has 0 heterocycles. The van der Waals surface area contributed by atoms with Crippen molar-refractivity contribution in [1.82, 2.24) is 0 Å². The minimum atomic E-state index is -1.36. The maximum Gasteiger partial charge on any atom is 3.00 e. The first-order chi connectivity index (χ1) is 14.1. The summed E-state index contributed by atoms with van der Waals surface area (Å²) in [5.41, 5.74) is -0.535. The van der Waals surface area contributed by atoms with Crippen LogP contribution in [-0.4, -0.2) is 33.2 Å². The first kappa shape index (κ1) is 27.7. The summed E-state index contributed by atoms with van der Waals surface area (Å²) in [6, 6.07) is 16.9. The first-order valence-electron chi connectivity index (χ1n) is 8.13. The van der Waals surface area contributed by atoms with Gasteiger partial charge in [-0.05, 0) is 36.4 Å². The van der Waals surface area contributed by atoms with Crippen molar-refractivity contribution >= 4 is 17.9 Å². The zero-order valence-electron chi connectivity index (χ0n) is 15.8. The van der Waals surface area contributed by atoms with E-state index >= 15 is 0 Å². The summed E-state index contributed by atoms with van der Waals surface area (Å²) in [6.45, 7) is 0. The Balaban J connectivity index is 0.000000429. The van der Waals surface area contributed by atoms with Gasteiger partial charge in [0.15, 0.2) is 0 Å². The average Bonchev–Trinajstić information content (AvgIpc) is 2.69. The van der Waals surface area contributed by atoms with Gasteiger partial charge in [-0.15, -0.1) is 0 Å². The fourth-order valence-corrected chi connectivity index (χ4v) is 1.94. The Kier molecular flexibility index (Phi) is 12.3. The van der Waals surface area contributed by atoms with Gasteiger partial charge in [0.25, 0.3) is 0 Å². The smallest absolute Gasteiger partial charge is 0.545 e. The molecule has 3 N–H and O–H groups in total. The van der Waals surface area contributed by atoms with Gasteiger partial charge in [0.2, 0.25) is 0 Å². The molecule has 3 aromatic carbocycles. The Morgan fingerprint density at radius 1 is 0.484 bits per heavy atom. The van der Waals surface area contributed by atoms with Crippen molar-refractivity contribution in [3.63, 3.8) is 0 Å². The van der Waals surface area contributed by atoms with Crippen LogP contribution < -0.4 is 15.3 Å². The van der Waals surface area contributed by atoms with Gasteiger partial charge in [0.1, 0.15) is 17.2 Å². The molecule has 0 aliphatic heterocycles. The van der Waals surface area contributed by atoms with Crippen LogP contribution in [0.4, 0.5) is 0 Å². The van der Waals surface area contributed by atoms with Gasteiger partial charge >= 0.3 is 35.6 Å². The van der Waals surface area contributed by atoms with E-state index in [1.54, 1.807) is 18.2 Å². The van der Waals surface area contributed by atoms with E-state index in [1.165, 1.54) is 54.6 Å². The topological polar surface area (TPSA) is 181 Å². The van der Waals surface area contributed by atoms with Crippen molar-refractivity contribution < 1.29 is 80.6 Å². The molecule has 10 heteroatoms. The minimum Gasteiger partial charge on any atom is -0.545 e. The van der Waals surface area contributed by atoms with Crippen LogP contribution in [0.1, 0.15) is 31.1 Å². The van der Waals surface area contributed by atoms with E-state index in [0.29, 0.717) is 0 Å². The van der Waals surface area contributed by atoms with Gasteiger partial charge in [-0.2, -0.15) is 0 Å². The normalized spacial score (nSPS) is 8.90. The summed E-state index contributed by atoms with van der Waals surface area (Å²) >= 11 is 0. The fraction of sp³-hybridized carbons (Fsp3) is 0. The van der Waals surface area contributed by atoms with E-state index in [4.69, 9.17) is 15.3 Å². The van der Waals surface area contributed by atoms with Gasteiger partial charge in [-0.3, -0.25) is 0 Å². The van der Waals surface area contributed by atoms with Crippen LogP contribution in [0.5, 0.6) is 17.2 Å². The molecule has 0 unspecified atom stereocenters. The summed E-state index contributed by atoms with van der Waals surface area (Å²) in [5.74, 6) is -4.87. The fourth-order valence-electron chi connectivity index (χ4n) is 1.94. The molecular weight excluding hydrogens is 535 g/mol. The molecule has 0 atom stereocenters. The van der Waals surface area contributed by atoms with E-state index in [0.717, 1.165) is 0 Å². The SMILES string of the molecule is O=C([O-])c1ccccc1O.O=C([O-])c1ccccc1O.O=C([O-])c1ccccc1O.[La+3]. The number of aromatic hydroxyl groups is 3. The maximum atomic E-state index is 10.2. The molecule has 31 heavy (non-hydrogen) atoms. The number of carbonyl (C=O) groups is 3. The molecule has 0 saturated heterocycles. The number of hydrogen-bond donors (Lipinski definition) is 3. The number of carboxylic acid groups (broad SMARTS) is 3. The molecular formula is C21H15LaO9. The predicted octanol–water partition coefficient (Wildman–Crippen LogP) is -0.733. The standard InChI is InChI=1S/3C7H6O3.La/c3*8-6-4-2-1-3-5(6)7(9)10;/h3*1-4,8H,(H,9,10);/q;;;+3/p-3. The number of rotatable bonds is 3. The van der Waals surface area contributed by atoms with Crippen LogP contribution in [0.2, 0.25) is 0 Å². The molecule has 0 fully saturated rings. The van der Waals surface area contributed by atoms with Gasteiger partial charge < -0.3 is 45.0 Å². The molecule has 0 bridgehead atoms. The molecule has 0 aliphatic rings. The molecule has 0 spiro atoms. The quantitative estimate of drug-likeness (QED) is 0.379. The second-order valence-corrected chi connectivity index (χ2v) is 5.41. The number of carbonyl (C=O) groups excluding carboxylic acids is 3. The third kappa shape index (κ3) is 9.34. The van der Waals surface area contributed by atoms with Gasteiger partial charge in [0, 0.05) is 16.7 Å². The van der Waals surface area contributed by atoms with E-state index in [9.17, 15) is 29.7 Å². The number of carboxylic acids is 3. The number of hydrogen-bond acceptors (Lipinski definition) is 9. The Morgan fingerprint density at radius 2 is 0.677 bits per heavy atom. The van der Waals surface area contributed by atoms with Crippen LogP contribution >= 0.6 is 0 Å². The van der Waals surface area contributed by atoms with Crippen LogP contribution in [0.15, 0.2) is 72.8 Å². The molecule has 0 radical (unpaired) electrons. The van der Waals surface area contributed by atoms with E-state index in [-0.39, 0.29) is 69.5 Å². The molecule has 3 aromatic rings. The van der Waals surface area contributed by atoms with Crippen molar-refractivity contribution in [2.45, 2.75) is 0 Å². The molecule has 0 saturated carbocycles. The molecule has 0 aliphatic carbocycles. The zero-order valence-corrected chi connectivity index (χ0v) is 19.4. The van der Waals surface area contributed by atoms with Crippen molar-refractivity contribution in [2.75, 3.05) is 0 Å². The third-order valence-corrected chi connectivity index (χ3v) is 3.37. The second kappa shape index (κ2) is 13.8. The van der Waals surface area contributed by atoms with Gasteiger partial charge in [-0.25, -0.2) is 0 Å². The van der Waals surface area contributed by atoms with Crippen LogP contribution in [-0.2, 0) is 0 Å². The summed E-state index contributed by atoms with van der Waals surface area (Å²) in [5, 5.41) is 57.0. The Bertz CT molecular complexity index is 903. The molecule has 3 rings (SSSR count). The van der Waals surface area contributed by atoms with Crippen LogP contribution in [0.3, 0.4) is 0 Å². The van der Waals surface area contributed by atoms with Gasteiger partial charge in [-0.1, -0.05) is 36.4 Å². The van der Waals surface area contributed by atoms with E-state index < -0.39 is 17.9 Å². The van der Waals surface area contributed by atoms with Crippen molar-refractivity contribution in [3.05, 3.63) is 89.5 Å². The van der Waals surface area contributed by atoms with Crippen molar-refractivity contribution in [2.24, 2.45) is 0 Å². The Morgan fingerprint density at radius 3 is 0.806 bits per heavy atom. The third-order valence-electron chi connectivity index (χ3n) is 3.37. The summed E-state index contributed by atoms with van der Waals surface area (Å²) in [7, 11) is 0. The first-order valence-corrected chi connectivity index (χ1v) is 8.13. The number of phenols is 3. The zero-order chi connectivity index (χ0) is 22.7.